The number of allylic oxidation sites excluding steroid dienone is 8. The van der Waals surface area contributed by atoms with Crippen molar-refractivity contribution in [3.63, 3.8) is 0 Å². The van der Waals surface area contributed by atoms with E-state index in [2.05, 4.69) is 20.6 Å². The molecule has 18 heteroatoms. The average molecular weight is 1150 g/mol. The lowest BCUT2D eigenvalue weighted by Gasteiger charge is -2.62. The topological polar surface area (TPSA) is 250 Å². The summed E-state index contributed by atoms with van der Waals surface area (Å²) >= 11 is 2.94. The number of hydrogen-bond donors (Lipinski definition) is 8. The lowest BCUT2D eigenvalue weighted by Crippen LogP contribution is -2.69. The van der Waals surface area contributed by atoms with Gasteiger partial charge in [-0.2, -0.15) is 23.5 Å². The fourth-order valence-corrected chi connectivity index (χ4v) is 19.1. The Bertz CT molecular complexity index is 2360. The van der Waals surface area contributed by atoms with Gasteiger partial charge in [-0.15, -0.1) is 0 Å². The Hall–Kier alpha value is -3.10. The second-order valence-corrected chi connectivity index (χ2v) is 28.4. The molecule has 0 saturated heterocycles. The Kier molecular flexibility index (Phi) is 19.5. The standard InChI is InChI=1S/C62H94F2N6O8S2/c1-39-31-47-45-17-15-41-33-43(71)19-21-55(41,3)59(45,63)49(73)35-57(47,5)61(39,77)51(75)37-79-29-9-13-53(65)69-27-11-25-67-23-7-8-24-68-26-12-28-70-54(66)14-10-30-80-38-52(76)62(78)40(2)32-48-46-18-16-42-34-44(72)20-22-56(42,4)60(46,64)50(74)36-58(48,62)6/h19-22,33-34,39-40,45-50,67-68,73-74,77-78H,7-18,23-32,35-38H2,1-6H3,(H2,65,69)(H2,66,70)/t39-,40-,45+,46+,47+,48+,49+,50+,55+,56+,57+,58+,59+,60+,61+,62+/m1/s1. The Balaban J connectivity index is 0.623. The van der Waals surface area contributed by atoms with Gasteiger partial charge in [0.05, 0.1) is 35.4 Å². The molecule has 0 aliphatic heterocycles. The van der Waals surface area contributed by atoms with E-state index in [9.17, 15) is 39.6 Å². The number of hydrogen-bond acceptors (Lipinski definition) is 14. The van der Waals surface area contributed by atoms with Crippen LogP contribution in [-0.4, -0.2) is 152 Å². The minimum absolute atomic E-state index is 0.0226. The van der Waals surface area contributed by atoms with Gasteiger partial charge in [-0.1, -0.05) is 51.0 Å². The number of Topliss-reactive ketones (excluding diaryl/α,β-unsaturated/α-hetero) is 2. The van der Waals surface area contributed by atoms with E-state index in [1.807, 2.05) is 27.7 Å². The van der Waals surface area contributed by atoms with E-state index < -0.39 is 68.2 Å². The van der Waals surface area contributed by atoms with E-state index in [4.69, 9.17) is 11.5 Å². The molecular weight excluding hydrogens is 1060 g/mol. The van der Waals surface area contributed by atoms with Crippen LogP contribution < -0.4 is 22.1 Å². The van der Waals surface area contributed by atoms with Gasteiger partial charge in [0.25, 0.3) is 0 Å². The first-order valence-corrected chi connectivity index (χ1v) is 32.4. The summed E-state index contributed by atoms with van der Waals surface area (Å²) in [6.45, 7) is 15.9. The third-order valence-electron chi connectivity index (χ3n) is 21.8. The van der Waals surface area contributed by atoms with Crippen molar-refractivity contribution < 1.29 is 48.4 Å². The Morgan fingerprint density at radius 1 is 0.625 bits per heavy atom. The van der Waals surface area contributed by atoms with Gasteiger partial charge < -0.3 is 42.5 Å². The van der Waals surface area contributed by atoms with Gasteiger partial charge in [0.1, 0.15) is 11.2 Å². The van der Waals surface area contributed by atoms with E-state index in [1.165, 1.54) is 47.8 Å². The fourth-order valence-electron chi connectivity index (χ4n) is 17.3. The summed E-state index contributed by atoms with van der Waals surface area (Å²) in [6.07, 6.45) is 15.9. The van der Waals surface area contributed by atoms with Crippen LogP contribution in [0.15, 0.2) is 57.6 Å². The molecule has 80 heavy (non-hydrogen) atoms. The zero-order valence-electron chi connectivity index (χ0n) is 48.5. The fraction of sp³-hybridized carbons (Fsp3) is 0.774. The number of nitrogens with zero attached hydrogens (tertiary/aromatic N) is 2. The SMILES string of the molecule is C[C@@H]1C[C@H]2[C@@H]3CCC4=CC(=O)C=C[C@]4(C)[C@@]3(F)[C@@H](O)C[C@]2(C)[C@@]1(O)C(=O)CSCCCC(N)=NCCCNCCCCNCCCN=C(N)CCCSCC(=O)[C@@]1(O)[C@H](C)C[C@H]2[C@@H]3CCC4=CC(=O)C=C[C@]4(C)[C@@]3(F)[C@@H](O)C[C@@]21C. The summed E-state index contributed by atoms with van der Waals surface area (Å²) in [7, 11) is 0. The molecule has 0 aromatic heterocycles. The number of ketones is 4. The van der Waals surface area contributed by atoms with Crippen molar-refractivity contribution in [1.29, 1.82) is 0 Å². The van der Waals surface area contributed by atoms with Crippen molar-refractivity contribution in [2.45, 2.75) is 179 Å². The van der Waals surface area contributed by atoms with Gasteiger partial charge in [0.2, 0.25) is 0 Å². The van der Waals surface area contributed by atoms with Crippen LogP contribution in [0.1, 0.15) is 144 Å². The molecule has 0 unspecified atom stereocenters. The largest absolute Gasteiger partial charge is 0.390 e. The summed E-state index contributed by atoms with van der Waals surface area (Å²) in [4.78, 5) is 61.3. The van der Waals surface area contributed by atoms with Gasteiger partial charge in [-0.05, 0) is 189 Å². The second-order valence-electron chi connectivity index (χ2n) is 26.2. The number of nitrogens with one attached hydrogen (secondary N) is 2. The number of aliphatic imine (C=N–C) groups is 2. The molecule has 0 spiro atoms. The summed E-state index contributed by atoms with van der Waals surface area (Å²) < 4.78 is 35.0. The van der Waals surface area contributed by atoms with Crippen molar-refractivity contribution >= 4 is 58.3 Å². The lowest BCUT2D eigenvalue weighted by molar-refractivity contribution is -0.218. The maximum absolute atomic E-state index is 17.5. The molecule has 14 nitrogen and oxygen atoms in total. The Labute approximate surface area is 482 Å². The van der Waals surface area contributed by atoms with Crippen LogP contribution in [0.25, 0.3) is 0 Å². The molecule has 6 fully saturated rings. The van der Waals surface area contributed by atoms with Gasteiger partial charge >= 0.3 is 0 Å². The molecule has 0 aromatic carbocycles. The predicted octanol–water partition coefficient (Wildman–Crippen LogP) is 7.30. The zero-order valence-corrected chi connectivity index (χ0v) is 50.1. The maximum atomic E-state index is 17.5. The van der Waals surface area contributed by atoms with Crippen molar-refractivity contribution in [2.75, 3.05) is 62.3 Å². The zero-order chi connectivity index (χ0) is 58.1. The number of rotatable bonds is 27. The minimum atomic E-state index is -2.00. The van der Waals surface area contributed by atoms with Gasteiger partial charge in [0, 0.05) is 59.4 Å². The van der Waals surface area contributed by atoms with Crippen molar-refractivity contribution in [1.82, 2.24) is 10.6 Å². The third kappa shape index (κ3) is 10.9. The molecule has 8 aliphatic carbocycles. The number of nitrogens with two attached hydrogens (primary N) is 2. The highest BCUT2D eigenvalue weighted by atomic mass is 32.2. The van der Waals surface area contributed by atoms with Crippen LogP contribution in [0.5, 0.6) is 0 Å². The first-order chi connectivity index (χ1) is 37.8. The van der Waals surface area contributed by atoms with Crippen molar-refractivity contribution in [3.05, 3.63) is 47.6 Å². The summed E-state index contributed by atoms with van der Waals surface area (Å²) in [5, 5.41) is 54.8. The molecule has 8 aliphatic rings. The molecule has 0 bridgehead atoms. The van der Waals surface area contributed by atoms with Gasteiger partial charge in [-0.3, -0.25) is 29.2 Å². The number of carbonyl (C=O) groups excluding carboxylic acids is 4. The number of aliphatic hydroxyl groups is 4. The molecule has 10 N–H and O–H groups in total. The molecule has 0 amide bonds. The summed E-state index contributed by atoms with van der Waals surface area (Å²) in [5.41, 5.74) is 2.34. The van der Waals surface area contributed by atoms with Crippen LogP contribution in [0.3, 0.4) is 0 Å². The Morgan fingerprint density at radius 2 is 1.00 bits per heavy atom. The molecule has 0 aromatic rings. The monoisotopic (exact) mass is 1150 g/mol. The van der Waals surface area contributed by atoms with Crippen LogP contribution in [0.4, 0.5) is 8.78 Å². The molecule has 446 valence electrons. The Morgan fingerprint density at radius 3 is 1.39 bits per heavy atom. The number of carbonyl (C=O) groups is 4. The molecular formula is C62H94F2N6O8S2. The number of alkyl halides is 2. The van der Waals surface area contributed by atoms with E-state index in [-0.39, 0.29) is 71.2 Å². The van der Waals surface area contributed by atoms with E-state index in [0.717, 1.165) is 64.7 Å². The molecule has 0 radical (unpaired) electrons. The number of aliphatic hydroxyl groups excluding tert-OH is 2. The lowest BCUT2D eigenvalue weighted by atomic mass is 9.44. The van der Waals surface area contributed by atoms with Crippen LogP contribution in [0, 0.1) is 57.2 Å². The van der Waals surface area contributed by atoms with E-state index in [1.54, 1.807) is 26.0 Å². The average Bonchev–Trinajstić information content (AvgIpc) is 3.94. The third-order valence-corrected chi connectivity index (χ3v) is 23.9. The molecule has 6 saturated carbocycles. The van der Waals surface area contributed by atoms with Crippen molar-refractivity contribution in [3.8, 4) is 0 Å². The van der Waals surface area contributed by atoms with Crippen LogP contribution >= 0.6 is 23.5 Å². The highest BCUT2D eigenvalue weighted by Crippen LogP contribution is 2.72. The van der Waals surface area contributed by atoms with E-state index >= 15 is 8.78 Å². The number of amidine groups is 2. The van der Waals surface area contributed by atoms with Gasteiger partial charge in [0.15, 0.2) is 34.5 Å². The molecule has 16 atom stereocenters. The second kappa shape index (κ2) is 24.8. The first-order valence-electron chi connectivity index (χ1n) is 30.1. The maximum Gasteiger partial charge on any atom is 0.178 e. The van der Waals surface area contributed by atoms with Crippen LogP contribution in [0.2, 0.25) is 0 Å². The predicted molar refractivity (Wildman–Crippen MR) is 316 cm³/mol. The molecule has 8 rings (SSSR count). The number of thioether (sulfide) groups is 2. The minimum Gasteiger partial charge on any atom is -0.390 e. The molecule has 0 heterocycles. The van der Waals surface area contributed by atoms with Gasteiger partial charge in [-0.25, -0.2) is 8.78 Å². The normalized spacial score (nSPS) is 41.0. The quantitative estimate of drug-likeness (QED) is 0.0229. The first kappa shape index (κ1) is 62.9. The number of unbranched alkanes of at least 4 members (excludes halogenated alkanes) is 1. The highest BCUT2D eigenvalue weighted by Gasteiger charge is 2.77. The number of fused-ring (bicyclic) bond motifs is 10. The van der Waals surface area contributed by atoms with Crippen molar-refractivity contribution in [2.24, 2.45) is 78.6 Å². The highest BCUT2D eigenvalue weighted by molar-refractivity contribution is 8.00. The summed E-state index contributed by atoms with van der Waals surface area (Å²) in [5.74, 6) is -0.491. The van der Waals surface area contributed by atoms with Crippen LogP contribution in [-0.2, 0) is 19.2 Å². The van der Waals surface area contributed by atoms with E-state index in [0.29, 0.717) is 98.8 Å². The number of halogens is 2. The summed E-state index contributed by atoms with van der Waals surface area (Å²) in [6, 6.07) is 0. The smallest absolute Gasteiger partial charge is 0.178 e.